The second kappa shape index (κ2) is 9.42. The van der Waals surface area contributed by atoms with Crippen molar-refractivity contribution in [2.45, 2.75) is 52.0 Å². The predicted octanol–water partition coefficient (Wildman–Crippen LogP) is 5.75. The first-order valence-corrected chi connectivity index (χ1v) is 12.8. The lowest BCUT2D eigenvalue weighted by Gasteiger charge is -2.33. The number of aromatic nitrogens is 5. The Morgan fingerprint density at radius 1 is 1.03 bits per heavy atom. The van der Waals surface area contributed by atoms with Crippen LogP contribution in [0.4, 0.5) is 5.95 Å². The standard InChI is InChI=1S/C30H29N7O/c1-17-8-9-20(10-18(17)2)15-33-30-34-27-24(6-5-7-25(27)38-4)29-35-28(36-37(29)30)23-12-22(13-23)26-19(3)11-21(14-31)16-32-26/h5-11,16,22-23H,12-13,15H2,1-4H3,(H,33,34)/t22-,23-. The molecule has 5 aromatic rings. The Kier molecular flexibility index (Phi) is 5.91. The van der Waals surface area contributed by atoms with Gasteiger partial charge >= 0.3 is 0 Å². The Morgan fingerprint density at radius 2 is 1.87 bits per heavy atom. The van der Waals surface area contributed by atoms with Gasteiger partial charge in [-0.1, -0.05) is 24.3 Å². The number of pyridine rings is 1. The lowest BCUT2D eigenvalue weighted by molar-refractivity contribution is 0.331. The van der Waals surface area contributed by atoms with Crippen LogP contribution < -0.4 is 10.1 Å². The summed E-state index contributed by atoms with van der Waals surface area (Å²) >= 11 is 0. The monoisotopic (exact) mass is 503 g/mol. The van der Waals surface area contributed by atoms with Crippen LogP contribution in [0.25, 0.3) is 16.6 Å². The molecule has 1 fully saturated rings. The Balaban J connectivity index is 1.34. The molecular formula is C30H29N7O. The van der Waals surface area contributed by atoms with Crippen molar-refractivity contribution in [3.63, 3.8) is 0 Å². The number of hydrogen-bond acceptors (Lipinski definition) is 7. The summed E-state index contributed by atoms with van der Waals surface area (Å²) in [5.41, 5.74) is 7.96. The number of nitrogens with one attached hydrogen (secondary N) is 1. The smallest absolute Gasteiger partial charge is 0.226 e. The molecule has 1 N–H and O–H groups in total. The summed E-state index contributed by atoms with van der Waals surface area (Å²) in [7, 11) is 1.66. The average molecular weight is 504 g/mol. The minimum atomic E-state index is 0.241. The summed E-state index contributed by atoms with van der Waals surface area (Å²) in [5, 5.41) is 18.5. The molecule has 0 atom stereocenters. The number of para-hydroxylation sites is 1. The van der Waals surface area contributed by atoms with Gasteiger partial charge in [0.1, 0.15) is 17.3 Å². The second-order valence-electron chi connectivity index (χ2n) is 10.2. The highest BCUT2D eigenvalue weighted by Gasteiger charge is 2.36. The number of nitrogens with zero attached hydrogens (tertiary/aromatic N) is 6. The maximum Gasteiger partial charge on any atom is 0.226 e. The van der Waals surface area contributed by atoms with E-state index in [0.717, 1.165) is 46.5 Å². The van der Waals surface area contributed by atoms with Crippen molar-refractivity contribution >= 4 is 22.5 Å². The molecule has 1 aliphatic rings. The van der Waals surface area contributed by atoms with E-state index < -0.39 is 0 Å². The van der Waals surface area contributed by atoms with E-state index in [9.17, 15) is 0 Å². The maximum absolute atomic E-state index is 9.15. The van der Waals surface area contributed by atoms with Crippen molar-refractivity contribution in [1.29, 1.82) is 5.26 Å². The summed E-state index contributed by atoms with van der Waals surface area (Å²) in [6.45, 7) is 6.89. The third kappa shape index (κ3) is 4.10. The molecule has 0 radical (unpaired) electrons. The van der Waals surface area contributed by atoms with Crippen LogP contribution in [0.3, 0.4) is 0 Å². The summed E-state index contributed by atoms with van der Waals surface area (Å²) in [6, 6.07) is 16.4. The van der Waals surface area contributed by atoms with E-state index in [0.29, 0.717) is 29.7 Å². The van der Waals surface area contributed by atoms with Gasteiger partial charge in [-0.25, -0.2) is 9.97 Å². The van der Waals surface area contributed by atoms with Crippen LogP contribution in [0.2, 0.25) is 0 Å². The van der Waals surface area contributed by atoms with Gasteiger partial charge in [0, 0.05) is 35.7 Å². The molecule has 38 heavy (non-hydrogen) atoms. The lowest BCUT2D eigenvalue weighted by Crippen LogP contribution is -2.23. The van der Waals surface area contributed by atoms with E-state index in [4.69, 9.17) is 25.1 Å². The zero-order chi connectivity index (χ0) is 26.4. The number of aryl methyl sites for hydroxylation is 3. The normalized spacial score (nSPS) is 16.8. The number of nitriles is 1. The second-order valence-corrected chi connectivity index (χ2v) is 10.2. The highest BCUT2D eigenvalue weighted by molar-refractivity contribution is 5.96. The summed E-state index contributed by atoms with van der Waals surface area (Å²) < 4.78 is 7.46. The topological polar surface area (TPSA) is 101 Å². The Labute approximate surface area is 221 Å². The summed E-state index contributed by atoms with van der Waals surface area (Å²) in [5.74, 6) is 2.74. The van der Waals surface area contributed by atoms with E-state index in [1.807, 2.05) is 35.7 Å². The number of hydrogen-bond donors (Lipinski definition) is 1. The molecule has 0 bridgehead atoms. The first kappa shape index (κ1) is 23.9. The predicted molar refractivity (Wildman–Crippen MR) is 146 cm³/mol. The molecule has 2 aromatic carbocycles. The van der Waals surface area contributed by atoms with Crippen molar-refractivity contribution in [2.24, 2.45) is 0 Å². The molecule has 8 heteroatoms. The zero-order valence-electron chi connectivity index (χ0n) is 22.0. The van der Waals surface area contributed by atoms with Gasteiger partial charge in [-0.3, -0.25) is 4.98 Å². The zero-order valence-corrected chi connectivity index (χ0v) is 22.0. The minimum absolute atomic E-state index is 0.241. The summed E-state index contributed by atoms with van der Waals surface area (Å²) in [6.07, 6.45) is 3.52. The Bertz CT molecular complexity index is 1730. The number of methoxy groups -OCH3 is 1. The molecule has 3 aromatic heterocycles. The van der Waals surface area contributed by atoms with Gasteiger partial charge in [-0.15, -0.1) is 5.10 Å². The van der Waals surface area contributed by atoms with Crippen LogP contribution in [0.15, 0.2) is 48.7 Å². The van der Waals surface area contributed by atoms with Crippen molar-refractivity contribution in [3.05, 3.63) is 88.0 Å². The van der Waals surface area contributed by atoms with Gasteiger partial charge in [0.2, 0.25) is 5.95 Å². The van der Waals surface area contributed by atoms with E-state index in [2.05, 4.69) is 48.4 Å². The van der Waals surface area contributed by atoms with Crippen molar-refractivity contribution in [2.75, 3.05) is 12.4 Å². The van der Waals surface area contributed by atoms with E-state index in [1.54, 1.807) is 13.3 Å². The molecule has 1 aliphatic carbocycles. The fourth-order valence-corrected chi connectivity index (χ4v) is 5.29. The third-order valence-corrected chi connectivity index (χ3v) is 7.66. The molecule has 6 rings (SSSR count). The van der Waals surface area contributed by atoms with Gasteiger partial charge in [0.15, 0.2) is 11.5 Å². The Morgan fingerprint density at radius 3 is 2.61 bits per heavy atom. The molecule has 190 valence electrons. The first-order chi connectivity index (χ1) is 18.4. The number of rotatable bonds is 6. The molecule has 0 amide bonds. The average Bonchev–Trinajstić information content (AvgIpc) is 3.34. The summed E-state index contributed by atoms with van der Waals surface area (Å²) in [4.78, 5) is 14.5. The van der Waals surface area contributed by atoms with Crippen LogP contribution in [-0.4, -0.2) is 31.7 Å². The molecule has 1 saturated carbocycles. The molecule has 3 heterocycles. The van der Waals surface area contributed by atoms with Gasteiger partial charge in [0.05, 0.1) is 12.7 Å². The van der Waals surface area contributed by atoms with Crippen molar-refractivity contribution in [1.82, 2.24) is 24.6 Å². The van der Waals surface area contributed by atoms with Gasteiger partial charge in [-0.05, 0) is 74.1 Å². The number of ether oxygens (including phenoxy) is 1. The molecule has 0 spiro atoms. The van der Waals surface area contributed by atoms with Crippen LogP contribution in [-0.2, 0) is 6.54 Å². The van der Waals surface area contributed by atoms with Crippen molar-refractivity contribution in [3.8, 4) is 11.8 Å². The van der Waals surface area contributed by atoms with E-state index in [1.165, 1.54) is 16.7 Å². The number of anilines is 1. The van der Waals surface area contributed by atoms with E-state index >= 15 is 0 Å². The minimum Gasteiger partial charge on any atom is -0.494 e. The van der Waals surface area contributed by atoms with Crippen LogP contribution in [0.5, 0.6) is 5.75 Å². The highest BCUT2D eigenvalue weighted by atomic mass is 16.5. The van der Waals surface area contributed by atoms with Crippen molar-refractivity contribution < 1.29 is 4.74 Å². The van der Waals surface area contributed by atoms with Gasteiger partial charge in [0.25, 0.3) is 0 Å². The maximum atomic E-state index is 9.15. The number of fused-ring (bicyclic) bond motifs is 3. The van der Waals surface area contributed by atoms with E-state index in [-0.39, 0.29) is 5.92 Å². The molecule has 0 unspecified atom stereocenters. The molecular weight excluding hydrogens is 474 g/mol. The fraction of sp³-hybridized carbons (Fsp3) is 0.300. The van der Waals surface area contributed by atoms with Gasteiger partial charge < -0.3 is 10.1 Å². The van der Waals surface area contributed by atoms with Crippen LogP contribution in [0.1, 0.15) is 64.0 Å². The fourth-order valence-electron chi connectivity index (χ4n) is 5.29. The third-order valence-electron chi connectivity index (χ3n) is 7.66. The number of benzene rings is 2. The highest BCUT2D eigenvalue weighted by Crippen LogP contribution is 2.47. The molecule has 8 nitrogen and oxygen atoms in total. The molecule has 0 aliphatic heterocycles. The largest absolute Gasteiger partial charge is 0.494 e. The van der Waals surface area contributed by atoms with Crippen LogP contribution in [0, 0.1) is 32.1 Å². The SMILES string of the molecule is COc1cccc2c1nc(NCc1ccc(C)c(C)c1)n1nc([C@H]3C[C@H](c4ncc(C#N)cc4C)C3)nc21. The molecule has 0 saturated heterocycles. The Hall–Kier alpha value is -4.51. The first-order valence-electron chi connectivity index (χ1n) is 12.8. The van der Waals surface area contributed by atoms with Crippen LogP contribution >= 0.6 is 0 Å². The lowest BCUT2D eigenvalue weighted by atomic mass is 9.72. The van der Waals surface area contributed by atoms with Gasteiger partial charge in [-0.2, -0.15) is 9.78 Å². The quantitative estimate of drug-likeness (QED) is 0.315.